The maximum absolute atomic E-state index is 5.96. The number of rotatable bonds is 6. The summed E-state index contributed by atoms with van der Waals surface area (Å²) >= 11 is 5.96. The van der Waals surface area contributed by atoms with E-state index in [9.17, 15) is 0 Å². The Hall–Kier alpha value is -2.09. The van der Waals surface area contributed by atoms with E-state index in [4.69, 9.17) is 16.3 Å². The van der Waals surface area contributed by atoms with Crippen molar-refractivity contribution < 1.29 is 4.74 Å². The highest BCUT2D eigenvalue weighted by Crippen LogP contribution is 2.18. The van der Waals surface area contributed by atoms with Gasteiger partial charge in [-0.3, -0.25) is 4.99 Å². The summed E-state index contributed by atoms with van der Waals surface area (Å²) in [4.78, 5) is 6.98. The number of hydrogen-bond donors (Lipinski definition) is 2. The number of piperidine rings is 1. The number of likely N-dealkylation sites (tertiary alicyclic amines) is 1. The highest BCUT2D eigenvalue weighted by molar-refractivity contribution is 6.30. The summed E-state index contributed by atoms with van der Waals surface area (Å²) in [5, 5.41) is 12.2. The Bertz CT molecular complexity index is 822. The third-order valence-electron chi connectivity index (χ3n) is 5.88. The van der Waals surface area contributed by atoms with Crippen molar-refractivity contribution in [3.05, 3.63) is 47.2 Å². The lowest BCUT2D eigenvalue weighted by atomic mass is 10.0. The van der Waals surface area contributed by atoms with Crippen LogP contribution in [0.1, 0.15) is 24.8 Å². The molecule has 0 aliphatic carbocycles. The number of aliphatic imine (C=N–C) groups is 1. The first-order valence-electron chi connectivity index (χ1n) is 10.8. The van der Waals surface area contributed by atoms with Gasteiger partial charge in [0, 0.05) is 62.7 Å². The average molecular weight is 431 g/mol. The SMILES string of the molecule is CN=C(NCc1cnn(-c2ccc(Cl)cc2)c1)NC1CCN(CC2CCOC2)CC1. The van der Waals surface area contributed by atoms with Crippen molar-refractivity contribution in [2.75, 3.05) is 39.9 Å². The molecule has 2 fully saturated rings. The topological polar surface area (TPSA) is 66.7 Å². The van der Waals surface area contributed by atoms with Crippen LogP contribution in [0.5, 0.6) is 0 Å². The van der Waals surface area contributed by atoms with Gasteiger partial charge in [-0.2, -0.15) is 5.10 Å². The first-order chi connectivity index (χ1) is 14.7. The van der Waals surface area contributed by atoms with Crippen molar-refractivity contribution in [1.29, 1.82) is 0 Å². The second-order valence-electron chi connectivity index (χ2n) is 8.14. The van der Waals surface area contributed by atoms with Gasteiger partial charge in [0.1, 0.15) is 0 Å². The number of halogens is 1. The Labute approximate surface area is 183 Å². The van der Waals surface area contributed by atoms with E-state index in [2.05, 4.69) is 25.6 Å². The number of nitrogens with one attached hydrogen (secondary N) is 2. The molecule has 0 radical (unpaired) electrons. The van der Waals surface area contributed by atoms with Crippen molar-refractivity contribution in [1.82, 2.24) is 25.3 Å². The number of hydrogen-bond acceptors (Lipinski definition) is 4. The van der Waals surface area contributed by atoms with Gasteiger partial charge < -0.3 is 20.3 Å². The molecule has 3 heterocycles. The molecule has 30 heavy (non-hydrogen) atoms. The average Bonchev–Trinajstić information content (AvgIpc) is 3.45. The van der Waals surface area contributed by atoms with Crippen molar-refractivity contribution in [2.45, 2.75) is 31.8 Å². The van der Waals surface area contributed by atoms with Crippen LogP contribution in [-0.4, -0.2) is 66.6 Å². The summed E-state index contributed by atoms with van der Waals surface area (Å²) < 4.78 is 7.36. The zero-order chi connectivity index (χ0) is 20.8. The standard InChI is InChI=1S/C22H31ClN6O/c1-24-22(27-20-6-9-28(10-7-20)14-17-8-11-30-16-17)25-12-18-13-26-29(15-18)21-4-2-19(23)3-5-21/h2-5,13,15,17,20H,6-12,14,16H2,1H3,(H2,24,25,27). The number of nitrogens with zero attached hydrogens (tertiary/aromatic N) is 4. The van der Waals surface area contributed by atoms with E-state index in [-0.39, 0.29) is 0 Å². The molecule has 1 aromatic heterocycles. The van der Waals surface area contributed by atoms with E-state index < -0.39 is 0 Å². The quantitative estimate of drug-likeness (QED) is 0.544. The Balaban J connectivity index is 1.21. The van der Waals surface area contributed by atoms with Gasteiger partial charge in [0.25, 0.3) is 0 Å². The smallest absolute Gasteiger partial charge is 0.191 e. The fourth-order valence-corrected chi connectivity index (χ4v) is 4.24. The lowest BCUT2D eigenvalue weighted by Crippen LogP contribution is -2.49. The van der Waals surface area contributed by atoms with Gasteiger partial charge in [-0.05, 0) is 49.4 Å². The van der Waals surface area contributed by atoms with Crippen LogP contribution in [0.3, 0.4) is 0 Å². The zero-order valence-electron chi connectivity index (χ0n) is 17.6. The Morgan fingerprint density at radius 2 is 2.03 bits per heavy atom. The Morgan fingerprint density at radius 3 is 2.73 bits per heavy atom. The summed E-state index contributed by atoms with van der Waals surface area (Å²) in [6.45, 7) is 6.00. The molecule has 1 aromatic carbocycles. The predicted molar refractivity (Wildman–Crippen MR) is 120 cm³/mol. The van der Waals surface area contributed by atoms with Crippen LogP contribution in [-0.2, 0) is 11.3 Å². The molecule has 0 bridgehead atoms. The van der Waals surface area contributed by atoms with Gasteiger partial charge in [0.05, 0.1) is 18.5 Å². The third kappa shape index (κ3) is 5.74. The molecule has 7 nitrogen and oxygen atoms in total. The minimum absolute atomic E-state index is 0.462. The lowest BCUT2D eigenvalue weighted by molar-refractivity contribution is 0.150. The predicted octanol–water partition coefficient (Wildman–Crippen LogP) is 2.69. The van der Waals surface area contributed by atoms with Crippen LogP contribution >= 0.6 is 11.6 Å². The van der Waals surface area contributed by atoms with Crippen LogP contribution in [0.2, 0.25) is 5.02 Å². The van der Waals surface area contributed by atoms with E-state index in [1.165, 1.54) is 13.0 Å². The van der Waals surface area contributed by atoms with Crippen LogP contribution < -0.4 is 10.6 Å². The summed E-state index contributed by atoms with van der Waals surface area (Å²) in [5.74, 6) is 1.56. The maximum Gasteiger partial charge on any atom is 0.191 e. The fraction of sp³-hybridized carbons (Fsp3) is 0.545. The first kappa shape index (κ1) is 21.2. The van der Waals surface area contributed by atoms with Gasteiger partial charge in [-0.1, -0.05) is 11.6 Å². The molecular weight excluding hydrogens is 400 g/mol. The number of benzene rings is 1. The van der Waals surface area contributed by atoms with Crippen molar-refractivity contribution >= 4 is 17.6 Å². The number of guanidine groups is 1. The van der Waals surface area contributed by atoms with Crippen molar-refractivity contribution in [2.24, 2.45) is 10.9 Å². The van der Waals surface area contributed by atoms with E-state index in [0.717, 1.165) is 67.3 Å². The monoisotopic (exact) mass is 430 g/mol. The molecular formula is C22H31ClN6O. The summed E-state index contributed by atoms with van der Waals surface area (Å²) in [6, 6.07) is 8.12. The zero-order valence-corrected chi connectivity index (χ0v) is 18.3. The van der Waals surface area contributed by atoms with Crippen molar-refractivity contribution in [3.8, 4) is 5.69 Å². The molecule has 2 aliphatic heterocycles. The lowest BCUT2D eigenvalue weighted by Gasteiger charge is -2.34. The molecule has 2 aromatic rings. The fourth-order valence-electron chi connectivity index (χ4n) is 4.11. The molecule has 162 valence electrons. The molecule has 8 heteroatoms. The van der Waals surface area contributed by atoms with Gasteiger partial charge in [-0.25, -0.2) is 4.68 Å². The summed E-state index contributed by atoms with van der Waals surface area (Å²) in [5.41, 5.74) is 2.09. The van der Waals surface area contributed by atoms with Crippen LogP contribution in [0.15, 0.2) is 41.7 Å². The highest BCUT2D eigenvalue weighted by atomic mass is 35.5. The van der Waals surface area contributed by atoms with E-state index in [0.29, 0.717) is 12.6 Å². The second kappa shape index (κ2) is 10.3. The normalized spacial score (nSPS) is 21.1. The van der Waals surface area contributed by atoms with Gasteiger partial charge in [-0.15, -0.1) is 0 Å². The van der Waals surface area contributed by atoms with Crippen LogP contribution in [0.25, 0.3) is 5.69 Å². The van der Waals surface area contributed by atoms with Gasteiger partial charge >= 0.3 is 0 Å². The van der Waals surface area contributed by atoms with Crippen LogP contribution in [0.4, 0.5) is 0 Å². The third-order valence-corrected chi connectivity index (χ3v) is 6.13. The van der Waals surface area contributed by atoms with E-state index in [1.54, 1.807) is 0 Å². The minimum Gasteiger partial charge on any atom is -0.381 e. The van der Waals surface area contributed by atoms with Crippen molar-refractivity contribution in [3.63, 3.8) is 0 Å². The molecule has 2 saturated heterocycles. The molecule has 4 rings (SSSR count). The molecule has 0 spiro atoms. The Morgan fingerprint density at radius 1 is 1.23 bits per heavy atom. The van der Waals surface area contributed by atoms with Gasteiger partial charge in [0.2, 0.25) is 0 Å². The molecule has 1 unspecified atom stereocenters. The van der Waals surface area contributed by atoms with Gasteiger partial charge in [0.15, 0.2) is 5.96 Å². The van der Waals surface area contributed by atoms with E-state index in [1.807, 2.05) is 48.4 Å². The molecule has 0 saturated carbocycles. The first-order valence-corrected chi connectivity index (χ1v) is 11.1. The second-order valence-corrected chi connectivity index (χ2v) is 8.58. The minimum atomic E-state index is 0.462. The maximum atomic E-state index is 5.96. The highest BCUT2D eigenvalue weighted by Gasteiger charge is 2.24. The summed E-state index contributed by atoms with van der Waals surface area (Å²) in [7, 11) is 1.82. The Kier molecular flexibility index (Phi) is 7.25. The summed E-state index contributed by atoms with van der Waals surface area (Å²) in [6.07, 6.45) is 7.39. The molecule has 0 amide bonds. The van der Waals surface area contributed by atoms with Crippen LogP contribution in [0, 0.1) is 5.92 Å². The molecule has 1 atom stereocenters. The largest absolute Gasteiger partial charge is 0.381 e. The molecule has 2 N–H and O–H groups in total. The number of ether oxygens (including phenoxy) is 1. The molecule has 2 aliphatic rings. The van der Waals surface area contributed by atoms with E-state index >= 15 is 0 Å². The number of aromatic nitrogens is 2.